The number of fused-ring (bicyclic) bond motifs is 1. The van der Waals surface area contributed by atoms with Crippen molar-refractivity contribution in [1.82, 2.24) is 4.90 Å². The number of amides is 1. The van der Waals surface area contributed by atoms with E-state index in [0.717, 1.165) is 34.3 Å². The van der Waals surface area contributed by atoms with Crippen LogP contribution in [0.1, 0.15) is 36.8 Å². The Morgan fingerprint density at radius 3 is 2.45 bits per heavy atom. The third-order valence-corrected chi connectivity index (χ3v) is 5.97. The zero-order valence-electron chi connectivity index (χ0n) is 16.6. The normalized spacial score (nSPS) is 13.1. The van der Waals surface area contributed by atoms with Crippen molar-refractivity contribution in [2.45, 2.75) is 31.2 Å². The monoisotopic (exact) mass is 412 g/mol. The van der Waals surface area contributed by atoms with Crippen LogP contribution in [0.15, 0.2) is 63.9 Å². The molecule has 0 bridgehead atoms. The number of para-hydroxylation sites is 1. The Hall–Kier alpha value is -2.90. The van der Waals surface area contributed by atoms with Crippen molar-refractivity contribution in [3.05, 3.63) is 71.5 Å². The molecule has 2 N–H and O–H groups in total. The summed E-state index contributed by atoms with van der Waals surface area (Å²) >= 11 is 0. The van der Waals surface area contributed by atoms with Crippen LogP contribution in [0.5, 0.6) is 0 Å². The SMILES string of the molecule is CCc1oc2ccccc2c1C=CC(=O)N(C)C(C)c1ccc(S(N)(=O)=O)cc1. The predicted molar refractivity (Wildman–Crippen MR) is 114 cm³/mol. The summed E-state index contributed by atoms with van der Waals surface area (Å²) in [4.78, 5) is 14.3. The van der Waals surface area contributed by atoms with Crippen LogP contribution in [0.3, 0.4) is 0 Å². The number of nitrogens with zero attached hydrogens (tertiary/aromatic N) is 1. The van der Waals surface area contributed by atoms with E-state index >= 15 is 0 Å². The standard InChI is InChI=1S/C22H24N2O4S/c1-4-20-19(18-7-5-6-8-21(18)28-20)13-14-22(25)24(3)15(2)16-9-11-17(12-10-16)29(23,26)27/h5-15H,4H2,1-3H3,(H2,23,26,27). The Bertz CT molecular complexity index is 1160. The third-order valence-electron chi connectivity index (χ3n) is 5.04. The number of rotatable bonds is 6. The molecule has 1 unspecified atom stereocenters. The molecular weight excluding hydrogens is 388 g/mol. The molecule has 3 rings (SSSR count). The summed E-state index contributed by atoms with van der Waals surface area (Å²) < 4.78 is 28.7. The lowest BCUT2D eigenvalue weighted by molar-refractivity contribution is -0.126. The fourth-order valence-corrected chi connectivity index (χ4v) is 3.70. The molecular formula is C22H24N2O4S. The van der Waals surface area contributed by atoms with Crippen LogP contribution in [0, 0.1) is 0 Å². The largest absolute Gasteiger partial charge is 0.460 e. The number of nitrogens with two attached hydrogens (primary N) is 1. The summed E-state index contributed by atoms with van der Waals surface area (Å²) in [5.41, 5.74) is 2.52. The van der Waals surface area contributed by atoms with Crippen LogP contribution >= 0.6 is 0 Å². The highest BCUT2D eigenvalue weighted by molar-refractivity contribution is 7.89. The number of likely N-dealkylation sites (N-methyl/N-ethyl adjacent to an activating group) is 1. The Balaban J connectivity index is 1.80. The van der Waals surface area contributed by atoms with Gasteiger partial charge in [0.25, 0.3) is 0 Å². The van der Waals surface area contributed by atoms with E-state index in [9.17, 15) is 13.2 Å². The summed E-state index contributed by atoms with van der Waals surface area (Å²) in [5, 5.41) is 6.11. The highest BCUT2D eigenvalue weighted by atomic mass is 32.2. The molecule has 0 radical (unpaired) electrons. The minimum absolute atomic E-state index is 0.0428. The van der Waals surface area contributed by atoms with Crippen molar-refractivity contribution in [3.8, 4) is 0 Å². The molecule has 0 saturated carbocycles. The first-order chi connectivity index (χ1) is 13.7. The molecule has 1 heterocycles. The van der Waals surface area contributed by atoms with Gasteiger partial charge in [-0.05, 0) is 36.8 Å². The summed E-state index contributed by atoms with van der Waals surface area (Å²) in [5.74, 6) is 0.671. The van der Waals surface area contributed by atoms with Gasteiger partial charge in [-0.1, -0.05) is 37.3 Å². The molecule has 29 heavy (non-hydrogen) atoms. The van der Waals surface area contributed by atoms with Crippen molar-refractivity contribution in [1.29, 1.82) is 0 Å². The van der Waals surface area contributed by atoms with E-state index in [0.29, 0.717) is 0 Å². The van der Waals surface area contributed by atoms with Crippen molar-refractivity contribution in [2.24, 2.45) is 5.14 Å². The second-order valence-electron chi connectivity index (χ2n) is 6.86. The van der Waals surface area contributed by atoms with Gasteiger partial charge in [0.05, 0.1) is 10.9 Å². The Morgan fingerprint density at radius 2 is 1.83 bits per heavy atom. The number of carbonyl (C=O) groups is 1. The van der Waals surface area contributed by atoms with Crippen molar-refractivity contribution in [2.75, 3.05) is 7.05 Å². The molecule has 0 aliphatic heterocycles. The average Bonchev–Trinajstić information content (AvgIpc) is 3.08. The Kier molecular flexibility index (Phi) is 5.91. The molecule has 1 atom stereocenters. The van der Waals surface area contributed by atoms with E-state index in [1.54, 1.807) is 30.2 Å². The van der Waals surface area contributed by atoms with Gasteiger partial charge in [0, 0.05) is 30.5 Å². The zero-order chi connectivity index (χ0) is 21.2. The number of benzene rings is 2. The highest BCUT2D eigenvalue weighted by Crippen LogP contribution is 2.28. The number of hydrogen-bond acceptors (Lipinski definition) is 4. The molecule has 1 amide bonds. The van der Waals surface area contributed by atoms with Gasteiger partial charge < -0.3 is 9.32 Å². The fraction of sp³-hybridized carbons (Fsp3) is 0.227. The maximum atomic E-state index is 12.7. The van der Waals surface area contributed by atoms with Gasteiger partial charge in [0.1, 0.15) is 11.3 Å². The van der Waals surface area contributed by atoms with Crippen LogP contribution in [0.2, 0.25) is 0 Å². The number of primary sulfonamides is 1. The molecule has 3 aromatic rings. The van der Waals surface area contributed by atoms with Crippen LogP contribution < -0.4 is 5.14 Å². The topological polar surface area (TPSA) is 93.6 Å². The number of sulfonamides is 1. The minimum atomic E-state index is -3.74. The van der Waals surface area contributed by atoms with Crippen LogP contribution in [-0.2, 0) is 21.2 Å². The maximum Gasteiger partial charge on any atom is 0.246 e. The number of furan rings is 1. The predicted octanol–water partition coefficient (Wildman–Crippen LogP) is 3.88. The van der Waals surface area contributed by atoms with Gasteiger partial charge in [-0.3, -0.25) is 4.79 Å². The second-order valence-corrected chi connectivity index (χ2v) is 8.42. The Morgan fingerprint density at radius 1 is 1.17 bits per heavy atom. The smallest absolute Gasteiger partial charge is 0.246 e. The zero-order valence-corrected chi connectivity index (χ0v) is 17.4. The van der Waals surface area contributed by atoms with Crippen molar-refractivity contribution in [3.63, 3.8) is 0 Å². The van der Waals surface area contributed by atoms with Crippen LogP contribution in [-0.4, -0.2) is 26.3 Å². The van der Waals surface area contributed by atoms with Crippen LogP contribution in [0.4, 0.5) is 0 Å². The van der Waals surface area contributed by atoms with E-state index in [1.165, 1.54) is 18.2 Å². The first kappa shape index (κ1) is 20.8. The molecule has 0 saturated heterocycles. The van der Waals surface area contributed by atoms with Gasteiger partial charge in [-0.25, -0.2) is 13.6 Å². The van der Waals surface area contributed by atoms with Gasteiger partial charge in [0.15, 0.2) is 0 Å². The summed E-state index contributed by atoms with van der Waals surface area (Å²) in [7, 11) is -2.03. The first-order valence-electron chi connectivity index (χ1n) is 9.30. The van der Waals surface area contributed by atoms with E-state index in [2.05, 4.69) is 0 Å². The second kappa shape index (κ2) is 8.23. The van der Waals surface area contributed by atoms with E-state index in [4.69, 9.17) is 9.56 Å². The van der Waals surface area contributed by atoms with E-state index in [-0.39, 0.29) is 16.8 Å². The molecule has 0 aliphatic carbocycles. The lowest BCUT2D eigenvalue weighted by Crippen LogP contribution is -2.28. The molecule has 1 aromatic heterocycles. The summed E-state index contributed by atoms with van der Waals surface area (Å²) in [6.45, 7) is 3.89. The van der Waals surface area contributed by atoms with Gasteiger partial charge in [-0.2, -0.15) is 0 Å². The molecule has 7 heteroatoms. The van der Waals surface area contributed by atoms with Gasteiger partial charge in [-0.15, -0.1) is 0 Å². The fourth-order valence-electron chi connectivity index (χ4n) is 3.18. The molecule has 0 spiro atoms. The van der Waals surface area contributed by atoms with Crippen LogP contribution in [0.25, 0.3) is 17.0 Å². The molecule has 152 valence electrons. The molecule has 2 aromatic carbocycles. The van der Waals surface area contributed by atoms with E-state index in [1.807, 2.05) is 38.1 Å². The Labute approximate surface area is 170 Å². The summed E-state index contributed by atoms with van der Waals surface area (Å²) in [6, 6.07) is 13.7. The third kappa shape index (κ3) is 4.41. The maximum absolute atomic E-state index is 12.7. The van der Waals surface area contributed by atoms with E-state index < -0.39 is 10.0 Å². The average molecular weight is 413 g/mol. The quantitative estimate of drug-likeness (QED) is 0.622. The highest BCUT2D eigenvalue weighted by Gasteiger charge is 2.17. The van der Waals surface area contributed by atoms with Crippen molar-refractivity contribution >= 4 is 33.0 Å². The lowest BCUT2D eigenvalue weighted by atomic mass is 10.1. The molecule has 0 aliphatic rings. The number of aryl methyl sites for hydroxylation is 1. The number of hydrogen-bond donors (Lipinski definition) is 1. The number of carbonyl (C=O) groups excluding carboxylic acids is 1. The van der Waals surface area contributed by atoms with Crippen molar-refractivity contribution < 1.29 is 17.6 Å². The van der Waals surface area contributed by atoms with Gasteiger partial charge in [0.2, 0.25) is 15.9 Å². The minimum Gasteiger partial charge on any atom is -0.460 e. The van der Waals surface area contributed by atoms with Gasteiger partial charge >= 0.3 is 0 Å². The molecule has 0 fully saturated rings. The lowest BCUT2D eigenvalue weighted by Gasteiger charge is -2.24. The summed E-state index contributed by atoms with van der Waals surface area (Å²) in [6.07, 6.45) is 4.05. The first-order valence-corrected chi connectivity index (χ1v) is 10.8. The molecule has 6 nitrogen and oxygen atoms in total.